The van der Waals surface area contributed by atoms with E-state index in [1.165, 1.54) is 12.1 Å². The van der Waals surface area contributed by atoms with E-state index in [0.29, 0.717) is 12.0 Å². The van der Waals surface area contributed by atoms with Crippen LogP contribution < -0.4 is 0 Å². The lowest BCUT2D eigenvalue weighted by atomic mass is 9.91. The quantitative estimate of drug-likeness (QED) is 0.897. The minimum atomic E-state index is -0.898. The van der Waals surface area contributed by atoms with E-state index >= 15 is 0 Å². The lowest BCUT2D eigenvalue weighted by Crippen LogP contribution is -2.10. The molecule has 1 aromatic heterocycles. The van der Waals surface area contributed by atoms with Crippen molar-refractivity contribution in [3.05, 3.63) is 65.7 Å². The summed E-state index contributed by atoms with van der Waals surface area (Å²) in [6.07, 6.45) is 2.11. The molecule has 0 amide bonds. The summed E-state index contributed by atoms with van der Waals surface area (Å²) in [5.41, 5.74) is 1.49. The predicted octanol–water partition coefficient (Wildman–Crippen LogP) is 3.02. The van der Waals surface area contributed by atoms with Gasteiger partial charge in [0.1, 0.15) is 5.82 Å². The molecule has 19 heavy (non-hydrogen) atoms. The first-order valence-corrected chi connectivity index (χ1v) is 6.02. The van der Waals surface area contributed by atoms with E-state index in [0.717, 1.165) is 5.69 Å². The fourth-order valence-corrected chi connectivity index (χ4v) is 2.05. The zero-order valence-electron chi connectivity index (χ0n) is 10.3. The maximum atomic E-state index is 13.2. The number of halogens is 1. The lowest BCUT2D eigenvalue weighted by Gasteiger charge is -2.15. The van der Waals surface area contributed by atoms with Crippen molar-refractivity contribution in [1.82, 2.24) is 4.98 Å². The van der Waals surface area contributed by atoms with Gasteiger partial charge < -0.3 is 5.11 Å². The molecule has 2 rings (SSSR count). The second-order valence-electron chi connectivity index (χ2n) is 4.37. The van der Waals surface area contributed by atoms with E-state index in [-0.39, 0.29) is 18.2 Å². The first-order chi connectivity index (χ1) is 9.15. The molecule has 2 aromatic rings. The molecule has 0 saturated carbocycles. The summed E-state index contributed by atoms with van der Waals surface area (Å²) in [7, 11) is 0. The SMILES string of the molecule is O=C(O)CC(Cc1ccccn1)c1cccc(F)c1. The van der Waals surface area contributed by atoms with E-state index in [9.17, 15) is 9.18 Å². The van der Waals surface area contributed by atoms with E-state index in [4.69, 9.17) is 5.11 Å². The summed E-state index contributed by atoms with van der Waals surface area (Å²) in [5, 5.41) is 8.98. The van der Waals surface area contributed by atoms with Crippen molar-refractivity contribution >= 4 is 5.97 Å². The number of carboxylic acid groups (broad SMARTS) is 1. The van der Waals surface area contributed by atoms with Gasteiger partial charge in [-0.25, -0.2) is 4.39 Å². The normalized spacial score (nSPS) is 12.1. The molecule has 0 radical (unpaired) electrons. The number of benzene rings is 1. The molecule has 0 fully saturated rings. The van der Waals surface area contributed by atoms with Crippen LogP contribution in [0.2, 0.25) is 0 Å². The molecule has 1 unspecified atom stereocenters. The van der Waals surface area contributed by atoms with Gasteiger partial charge in [0.15, 0.2) is 0 Å². The molecule has 98 valence electrons. The molecule has 1 heterocycles. The molecule has 0 spiro atoms. The molecular weight excluding hydrogens is 245 g/mol. The third kappa shape index (κ3) is 3.88. The monoisotopic (exact) mass is 259 g/mol. The topological polar surface area (TPSA) is 50.2 Å². The fourth-order valence-electron chi connectivity index (χ4n) is 2.05. The van der Waals surface area contributed by atoms with Crippen molar-refractivity contribution in [3.8, 4) is 0 Å². The van der Waals surface area contributed by atoms with Crippen molar-refractivity contribution in [3.63, 3.8) is 0 Å². The number of hydrogen-bond acceptors (Lipinski definition) is 2. The first kappa shape index (κ1) is 13.2. The smallest absolute Gasteiger partial charge is 0.303 e. The number of carbonyl (C=O) groups is 1. The Morgan fingerprint density at radius 2 is 2.11 bits per heavy atom. The highest BCUT2D eigenvalue weighted by Crippen LogP contribution is 2.24. The van der Waals surface area contributed by atoms with E-state index < -0.39 is 5.97 Å². The van der Waals surface area contributed by atoms with Crippen LogP contribution >= 0.6 is 0 Å². The lowest BCUT2D eigenvalue weighted by molar-refractivity contribution is -0.137. The highest BCUT2D eigenvalue weighted by Gasteiger charge is 2.17. The first-order valence-electron chi connectivity index (χ1n) is 6.02. The van der Waals surface area contributed by atoms with Crippen LogP contribution in [0.1, 0.15) is 23.6 Å². The number of carboxylic acids is 1. The number of rotatable bonds is 5. The van der Waals surface area contributed by atoms with Gasteiger partial charge in [-0.15, -0.1) is 0 Å². The van der Waals surface area contributed by atoms with Gasteiger partial charge in [0.05, 0.1) is 6.42 Å². The predicted molar refractivity (Wildman–Crippen MR) is 69.3 cm³/mol. The molecule has 1 aromatic carbocycles. The zero-order valence-corrected chi connectivity index (χ0v) is 10.3. The van der Waals surface area contributed by atoms with Gasteiger partial charge in [-0.1, -0.05) is 18.2 Å². The molecule has 0 aliphatic heterocycles. The van der Waals surface area contributed by atoms with Crippen molar-refractivity contribution in [2.24, 2.45) is 0 Å². The molecule has 1 atom stereocenters. The van der Waals surface area contributed by atoms with Crippen molar-refractivity contribution < 1.29 is 14.3 Å². The molecule has 0 aliphatic rings. The van der Waals surface area contributed by atoms with Crippen molar-refractivity contribution in [1.29, 1.82) is 0 Å². The number of aromatic nitrogens is 1. The van der Waals surface area contributed by atoms with Gasteiger partial charge >= 0.3 is 5.97 Å². The zero-order chi connectivity index (χ0) is 13.7. The number of pyridine rings is 1. The Kier molecular flexibility index (Phi) is 4.23. The molecule has 0 aliphatic carbocycles. The highest BCUT2D eigenvalue weighted by molar-refractivity contribution is 5.68. The molecule has 4 heteroatoms. The van der Waals surface area contributed by atoms with Crippen LogP contribution in [0.15, 0.2) is 48.7 Å². The van der Waals surface area contributed by atoms with Gasteiger partial charge in [-0.05, 0) is 42.2 Å². The van der Waals surface area contributed by atoms with Crippen LogP contribution in [0.4, 0.5) is 4.39 Å². The Morgan fingerprint density at radius 3 is 2.74 bits per heavy atom. The summed E-state index contributed by atoms with van der Waals surface area (Å²) in [6.45, 7) is 0. The fraction of sp³-hybridized carbons (Fsp3) is 0.200. The Bertz CT molecular complexity index is 557. The molecule has 0 bridgehead atoms. The van der Waals surface area contributed by atoms with Gasteiger partial charge in [0.2, 0.25) is 0 Å². The summed E-state index contributed by atoms with van der Waals surface area (Å²) < 4.78 is 13.2. The van der Waals surface area contributed by atoms with E-state index in [1.807, 2.05) is 12.1 Å². The molecule has 0 saturated heterocycles. The molecular formula is C15H14FNO2. The largest absolute Gasteiger partial charge is 0.481 e. The van der Waals surface area contributed by atoms with Crippen molar-refractivity contribution in [2.45, 2.75) is 18.8 Å². The second-order valence-corrected chi connectivity index (χ2v) is 4.37. The van der Waals surface area contributed by atoms with Gasteiger partial charge in [0, 0.05) is 11.9 Å². The van der Waals surface area contributed by atoms with Crippen LogP contribution in [0.5, 0.6) is 0 Å². The summed E-state index contributed by atoms with van der Waals surface area (Å²) in [6, 6.07) is 11.6. The Balaban J connectivity index is 2.23. The second kappa shape index (κ2) is 6.09. The van der Waals surface area contributed by atoms with Crippen LogP contribution in [0.3, 0.4) is 0 Å². The van der Waals surface area contributed by atoms with Crippen LogP contribution in [-0.2, 0) is 11.2 Å². The third-order valence-electron chi connectivity index (χ3n) is 2.92. The van der Waals surface area contributed by atoms with E-state index in [2.05, 4.69) is 4.98 Å². The maximum Gasteiger partial charge on any atom is 0.303 e. The Morgan fingerprint density at radius 1 is 1.26 bits per heavy atom. The van der Waals surface area contributed by atoms with Crippen LogP contribution in [0, 0.1) is 5.82 Å². The minimum absolute atomic E-state index is 0.0416. The summed E-state index contributed by atoms with van der Waals surface area (Å²) in [4.78, 5) is 15.1. The highest BCUT2D eigenvalue weighted by atomic mass is 19.1. The Labute approximate surface area is 110 Å². The van der Waals surface area contributed by atoms with Crippen LogP contribution in [0.25, 0.3) is 0 Å². The van der Waals surface area contributed by atoms with Gasteiger partial charge in [0.25, 0.3) is 0 Å². The number of hydrogen-bond donors (Lipinski definition) is 1. The molecule has 3 nitrogen and oxygen atoms in total. The molecule has 1 N–H and O–H groups in total. The summed E-state index contributed by atoms with van der Waals surface area (Å²) >= 11 is 0. The summed E-state index contributed by atoms with van der Waals surface area (Å²) in [5.74, 6) is -1.53. The van der Waals surface area contributed by atoms with Gasteiger partial charge in [-0.3, -0.25) is 9.78 Å². The standard InChI is InChI=1S/C15H14FNO2/c16-13-5-3-4-11(8-13)12(10-15(18)19)9-14-6-1-2-7-17-14/h1-8,12H,9-10H2,(H,18,19). The number of aliphatic carboxylic acids is 1. The van der Waals surface area contributed by atoms with Gasteiger partial charge in [-0.2, -0.15) is 0 Å². The Hall–Kier alpha value is -2.23. The van der Waals surface area contributed by atoms with E-state index in [1.54, 1.807) is 24.4 Å². The third-order valence-corrected chi connectivity index (χ3v) is 2.92. The minimum Gasteiger partial charge on any atom is -0.481 e. The number of nitrogens with zero attached hydrogens (tertiary/aromatic N) is 1. The average molecular weight is 259 g/mol. The van der Waals surface area contributed by atoms with Crippen molar-refractivity contribution in [2.75, 3.05) is 0 Å². The van der Waals surface area contributed by atoms with Crippen LogP contribution in [-0.4, -0.2) is 16.1 Å². The average Bonchev–Trinajstić information content (AvgIpc) is 2.39. The maximum absolute atomic E-state index is 13.2.